The Bertz CT molecular complexity index is 830. The van der Waals surface area contributed by atoms with Gasteiger partial charge in [0.2, 0.25) is 0 Å². The Morgan fingerprint density at radius 1 is 1.12 bits per heavy atom. The van der Waals surface area contributed by atoms with Crippen molar-refractivity contribution in [2.24, 2.45) is 5.73 Å². The molecule has 3 N–H and O–H groups in total. The first-order valence-corrected chi connectivity index (χ1v) is 9.87. The molecule has 2 aromatic rings. The molecule has 1 unspecified atom stereocenters. The van der Waals surface area contributed by atoms with Crippen molar-refractivity contribution in [3.05, 3.63) is 48.3 Å². The van der Waals surface area contributed by atoms with Crippen LogP contribution in [0.4, 0.5) is 10.1 Å². The minimum absolute atomic E-state index is 0.193. The highest BCUT2D eigenvalue weighted by Crippen LogP contribution is 2.46. The molecule has 0 bridgehead atoms. The maximum Gasteiger partial charge on any atom is 0.127 e. The summed E-state index contributed by atoms with van der Waals surface area (Å²) in [6.45, 7) is 6.97. The van der Waals surface area contributed by atoms with E-state index >= 15 is 0 Å². The fourth-order valence-corrected chi connectivity index (χ4v) is 5.82. The smallest absolute Gasteiger partial charge is 0.127 e. The first-order valence-electron chi connectivity index (χ1n) is 8.69. The summed E-state index contributed by atoms with van der Waals surface area (Å²) in [6.07, 6.45) is 0. The summed E-state index contributed by atoms with van der Waals surface area (Å²) in [4.78, 5) is 3.48. The summed E-state index contributed by atoms with van der Waals surface area (Å²) < 4.78 is 16.1. The molecule has 2 aliphatic rings. The molecule has 0 aromatic heterocycles. The number of benzene rings is 2. The van der Waals surface area contributed by atoms with E-state index in [1.165, 1.54) is 11.0 Å². The van der Waals surface area contributed by atoms with Crippen LogP contribution in [0.5, 0.6) is 0 Å². The van der Waals surface area contributed by atoms with Crippen molar-refractivity contribution in [1.82, 2.24) is 9.62 Å². The van der Waals surface area contributed by atoms with Crippen LogP contribution in [0.25, 0.3) is 11.1 Å². The Labute approximate surface area is 150 Å². The van der Waals surface area contributed by atoms with E-state index < -0.39 is 0 Å². The number of nitrogens with one attached hydrogen (secondary N) is 1. The lowest BCUT2D eigenvalue weighted by atomic mass is 10.0. The minimum atomic E-state index is -0.211. The summed E-state index contributed by atoms with van der Waals surface area (Å²) in [5.74, 6) is -0.211. The van der Waals surface area contributed by atoms with Crippen LogP contribution in [0.3, 0.4) is 0 Å². The van der Waals surface area contributed by atoms with E-state index in [0.29, 0.717) is 0 Å². The molecule has 0 amide bonds. The molecule has 0 radical (unpaired) electrons. The average molecular weight is 358 g/mol. The number of anilines is 1. The molecule has 1 atom stereocenters. The van der Waals surface area contributed by atoms with E-state index in [1.807, 2.05) is 6.07 Å². The van der Waals surface area contributed by atoms with E-state index in [1.54, 1.807) is 12.1 Å². The molecule has 2 heterocycles. The minimum Gasteiger partial charge on any atom is -0.326 e. The highest BCUT2D eigenvalue weighted by molar-refractivity contribution is 8.14. The van der Waals surface area contributed by atoms with Gasteiger partial charge in [0.25, 0.3) is 0 Å². The monoisotopic (exact) mass is 358 g/mol. The molecule has 4 rings (SSSR count). The van der Waals surface area contributed by atoms with Crippen molar-refractivity contribution in [2.75, 3.05) is 37.6 Å². The van der Waals surface area contributed by atoms with Gasteiger partial charge in [0.15, 0.2) is 0 Å². The van der Waals surface area contributed by atoms with Crippen LogP contribution in [0.2, 0.25) is 0 Å². The van der Waals surface area contributed by atoms with Gasteiger partial charge in [-0.2, -0.15) is 0 Å². The maximum atomic E-state index is 13.6. The zero-order chi connectivity index (χ0) is 17.4. The lowest BCUT2D eigenvalue weighted by molar-refractivity contribution is 0.395. The third-order valence-electron chi connectivity index (χ3n) is 4.73. The lowest BCUT2D eigenvalue weighted by Gasteiger charge is -2.29. The third-order valence-corrected chi connectivity index (χ3v) is 6.99. The lowest BCUT2D eigenvalue weighted by Crippen LogP contribution is -2.42. The highest BCUT2D eigenvalue weighted by atomic mass is 32.2. The van der Waals surface area contributed by atoms with Gasteiger partial charge in [0.05, 0.1) is 5.69 Å². The highest BCUT2D eigenvalue weighted by Gasteiger charge is 2.30. The van der Waals surface area contributed by atoms with E-state index in [0.717, 1.165) is 54.7 Å². The number of nitrogens with two attached hydrogens (primary N) is 1. The average Bonchev–Trinajstić information content (AvgIpc) is 2.92. The van der Waals surface area contributed by atoms with Crippen LogP contribution in [-0.2, 0) is 0 Å². The van der Waals surface area contributed by atoms with Gasteiger partial charge in [-0.15, -0.1) is 0 Å². The predicted molar refractivity (Wildman–Crippen MR) is 104 cm³/mol. The first-order chi connectivity index (χ1) is 12.2. The number of hydrogen-bond donors (Lipinski definition) is 2. The second kappa shape index (κ2) is 6.88. The Morgan fingerprint density at radius 2 is 1.88 bits per heavy atom. The summed E-state index contributed by atoms with van der Waals surface area (Å²) in [5.41, 5.74) is 9.63. The molecule has 0 aliphatic carbocycles. The first kappa shape index (κ1) is 16.7. The molecule has 0 saturated carbocycles. The Hall–Kier alpha value is -1.73. The Balaban J connectivity index is 1.77. The fraction of sp³-hybridized carbons (Fsp3) is 0.316. The van der Waals surface area contributed by atoms with E-state index in [-0.39, 0.29) is 16.5 Å². The molecule has 1 fully saturated rings. The molecule has 2 aliphatic heterocycles. The van der Waals surface area contributed by atoms with E-state index in [2.05, 4.69) is 39.6 Å². The van der Waals surface area contributed by atoms with Gasteiger partial charge in [-0.3, -0.25) is 5.73 Å². The summed E-state index contributed by atoms with van der Waals surface area (Å²) in [5, 5.41) is 4.33. The molecular formula is C19H23FN4S. The van der Waals surface area contributed by atoms with Crippen molar-refractivity contribution in [3.8, 4) is 11.1 Å². The number of nitrogens with zero attached hydrogens (tertiary/aromatic N) is 2. The van der Waals surface area contributed by atoms with Crippen LogP contribution in [0.15, 0.2) is 47.4 Å². The van der Waals surface area contributed by atoms with E-state index in [4.69, 9.17) is 5.73 Å². The standard InChI is InChI=1S/C19H23FN4S/c1-2-24-17-13-15(14-4-3-5-16(20)12-14)6-7-18(17)25(19(24)21)23-10-8-22-9-11-23/h3-7,12-13,22H,2,8-11,21H2,1H3. The van der Waals surface area contributed by atoms with Gasteiger partial charge in [0.1, 0.15) is 10.9 Å². The van der Waals surface area contributed by atoms with Crippen molar-refractivity contribution in [1.29, 1.82) is 0 Å². The van der Waals surface area contributed by atoms with Crippen LogP contribution in [-0.4, -0.2) is 42.1 Å². The van der Waals surface area contributed by atoms with Gasteiger partial charge in [-0.1, -0.05) is 18.2 Å². The molecule has 1 saturated heterocycles. The Kier molecular flexibility index (Phi) is 4.60. The van der Waals surface area contributed by atoms with Gasteiger partial charge in [0, 0.05) is 37.6 Å². The number of piperazine rings is 1. The van der Waals surface area contributed by atoms with Crippen molar-refractivity contribution < 1.29 is 4.39 Å². The quantitative estimate of drug-likeness (QED) is 0.828. The molecule has 132 valence electrons. The van der Waals surface area contributed by atoms with Crippen molar-refractivity contribution >= 4 is 21.5 Å². The summed E-state index contributed by atoms with van der Waals surface area (Å²) >= 11 is 0. The second-order valence-electron chi connectivity index (χ2n) is 6.24. The molecule has 6 heteroatoms. The van der Waals surface area contributed by atoms with Crippen molar-refractivity contribution in [3.63, 3.8) is 0 Å². The van der Waals surface area contributed by atoms with Gasteiger partial charge in [-0.25, -0.2) is 8.70 Å². The third kappa shape index (κ3) is 3.00. The van der Waals surface area contributed by atoms with E-state index in [9.17, 15) is 4.39 Å². The largest absolute Gasteiger partial charge is 0.326 e. The summed E-state index contributed by atoms with van der Waals surface area (Å²) in [7, 11) is -0.193. The number of halogens is 1. The predicted octanol–water partition coefficient (Wildman–Crippen LogP) is 2.83. The van der Waals surface area contributed by atoms with Gasteiger partial charge >= 0.3 is 0 Å². The number of rotatable bonds is 3. The zero-order valence-corrected chi connectivity index (χ0v) is 15.2. The Morgan fingerprint density at radius 3 is 2.60 bits per heavy atom. The SMILES string of the molecule is CCN1C(N)=S(N2CCNCC2)c2ccc(-c3cccc(F)c3)cc21. The number of hydrogen-bond acceptors (Lipinski definition) is 4. The van der Waals surface area contributed by atoms with Crippen molar-refractivity contribution in [2.45, 2.75) is 11.8 Å². The molecular weight excluding hydrogens is 335 g/mol. The maximum absolute atomic E-state index is 13.6. The zero-order valence-electron chi connectivity index (χ0n) is 14.3. The second-order valence-corrected chi connectivity index (χ2v) is 8.18. The molecule has 2 aromatic carbocycles. The molecule has 25 heavy (non-hydrogen) atoms. The van der Waals surface area contributed by atoms with Gasteiger partial charge < -0.3 is 10.2 Å². The van der Waals surface area contributed by atoms with Crippen LogP contribution < -0.4 is 16.0 Å². The number of fused-ring (bicyclic) bond motifs is 1. The van der Waals surface area contributed by atoms with Crippen LogP contribution in [0, 0.1) is 5.82 Å². The van der Waals surface area contributed by atoms with Crippen LogP contribution in [0.1, 0.15) is 6.92 Å². The summed E-state index contributed by atoms with van der Waals surface area (Å²) in [6, 6.07) is 13.2. The molecule has 0 spiro atoms. The van der Waals surface area contributed by atoms with Gasteiger partial charge in [-0.05, 0) is 53.0 Å². The topological polar surface area (TPSA) is 44.5 Å². The van der Waals surface area contributed by atoms with Crippen LogP contribution >= 0.6 is 10.7 Å². The molecule has 4 nitrogen and oxygen atoms in total. The fourth-order valence-electron chi connectivity index (χ4n) is 3.50. The normalized spacial score (nSPS) is 20.8.